The average molecular weight is 276 g/mol. The predicted octanol–water partition coefficient (Wildman–Crippen LogP) is 3.13. The Balaban J connectivity index is 2.76. The molecule has 0 aliphatic heterocycles. The van der Waals surface area contributed by atoms with Crippen molar-refractivity contribution in [3.05, 3.63) is 29.3 Å². The highest BCUT2D eigenvalue weighted by molar-refractivity contribution is 5.44. The summed E-state index contributed by atoms with van der Waals surface area (Å²) >= 11 is 0. The molecule has 110 valence electrons. The molecule has 3 heteroatoms. The van der Waals surface area contributed by atoms with Crippen molar-refractivity contribution in [2.75, 3.05) is 13.7 Å². The average Bonchev–Trinajstić information content (AvgIpc) is 2.46. The molecule has 0 saturated heterocycles. The lowest BCUT2D eigenvalue weighted by Crippen LogP contribution is -2.08. The number of hydrogen-bond donors (Lipinski definition) is 1. The summed E-state index contributed by atoms with van der Waals surface area (Å²) in [6, 6.07) is 5.82. The van der Waals surface area contributed by atoms with Crippen LogP contribution in [-0.2, 0) is 11.3 Å². The molecule has 20 heavy (non-hydrogen) atoms. The molecule has 0 aromatic heterocycles. The highest BCUT2D eigenvalue weighted by atomic mass is 16.5. The molecule has 1 aromatic carbocycles. The van der Waals surface area contributed by atoms with E-state index in [0.29, 0.717) is 13.0 Å². The van der Waals surface area contributed by atoms with Crippen LogP contribution in [0.15, 0.2) is 18.2 Å². The summed E-state index contributed by atoms with van der Waals surface area (Å²) in [7, 11) is 1.66. The van der Waals surface area contributed by atoms with E-state index in [1.54, 1.807) is 7.11 Å². The number of rotatable bonds is 7. The molecule has 1 unspecified atom stereocenters. The number of ether oxygens (including phenoxy) is 2. The lowest BCUT2D eigenvalue weighted by molar-refractivity contribution is 0.0461. The third-order valence-electron chi connectivity index (χ3n) is 2.97. The van der Waals surface area contributed by atoms with Crippen molar-refractivity contribution in [2.24, 2.45) is 0 Å². The lowest BCUT2D eigenvalue weighted by atomic mass is 10.1. The third-order valence-corrected chi connectivity index (χ3v) is 2.97. The predicted molar refractivity (Wildman–Crippen MR) is 80.7 cm³/mol. The van der Waals surface area contributed by atoms with E-state index < -0.39 is 0 Å². The molecule has 1 atom stereocenters. The SMILES string of the molecule is CCCC(C)OCc1cc(C#CCCO)ccc1OC. The first-order valence-corrected chi connectivity index (χ1v) is 7.09. The fraction of sp³-hybridized carbons (Fsp3) is 0.529. The maximum atomic E-state index is 8.73. The van der Waals surface area contributed by atoms with E-state index in [1.807, 2.05) is 18.2 Å². The summed E-state index contributed by atoms with van der Waals surface area (Å²) in [6.07, 6.45) is 2.91. The van der Waals surface area contributed by atoms with Crippen LogP contribution in [-0.4, -0.2) is 24.9 Å². The van der Waals surface area contributed by atoms with E-state index in [1.165, 1.54) is 0 Å². The van der Waals surface area contributed by atoms with Crippen molar-refractivity contribution in [3.63, 3.8) is 0 Å². The molecule has 1 N–H and O–H groups in total. The van der Waals surface area contributed by atoms with Gasteiger partial charge in [-0.2, -0.15) is 0 Å². The minimum atomic E-state index is 0.0909. The molecule has 0 aliphatic carbocycles. The van der Waals surface area contributed by atoms with Gasteiger partial charge in [0.25, 0.3) is 0 Å². The summed E-state index contributed by atoms with van der Waals surface area (Å²) in [4.78, 5) is 0. The monoisotopic (exact) mass is 276 g/mol. The topological polar surface area (TPSA) is 38.7 Å². The number of aliphatic hydroxyl groups is 1. The number of hydrogen-bond acceptors (Lipinski definition) is 3. The maximum absolute atomic E-state index is 8.73. The Morgan fingerprint density at radius 3 is 2.80 bits per heavy atom. The van der Waals surface area contributed by atoms with Gasteiger partial charge in [0.05, 0.1) is 26.4 Å². The molecule has 0 bridgehead atoms. The van der Waals surface area contributed by atoms with Crippen molar-refractivity contribution in [3.8, 4) is 17.6 Å². The molecular weight excluding hydrogens is 252 g/mol. The Kier molecular flexibility index (Phi) is 7.79. The Hall–Kier alpha value is -1.50. The zero-order valence-electron chi connectivity index (χ0n) is 12.6. The molecular formula is C17H24O3. The van der Waals surface area contributed by atoms with E-state index in [4.69, 9.17) is 14.6 Å². The standard InChI is InChI=1S/C17H24O3/c1-4-7-14(2)20-13-16-12-15(8-5-6-11-18)9-10-17(16)19-3/h9-10,12,14,18H,4,6-7,11,13H2,1-3H3. The molecule has 3 nitrogen and oxygen atoms in total. The van der Waals surface area contributed by atoms with Crippen LogP contribution >= 0.6 is 0 Å². The first-order chi connectivity index (χ1) is 9.71. The Morgan fingerprint density at radius 2 is 2.15 bits per heavy atom. The van der Waals surface area contributed by atoms with Crippen molar-refractivity contribution in [1.29, 1.82) is 0 Å². The Morgan fingerprint density at radius 1 is 1.35 bits per heavy atom. The molecule has 0 heterocycles. The maximum Gasteiger partial charge on any atom is 0.124 e. The van der Waals surface area contributed by atoms with Crippen LogP contribution in [0.1, 0.15) is 44.2 Å². The fourth-order valence-electron chi connectivity index (χ4n) is 1.91. The minimum absolute atomic E-state index is 0.0909. The summed E-state index contributed by atoms with van der Waals surface area (Å²) in [5.74, 6) is 6.77. The van der Waals surface area contributed by atoms with Crippen molar-refractivity contribution in [2.45, 2.75) is 45.8 Å². The molecule has 0 fully saturated rings. The van der Waals surface area contributed by atoms with Crippen LogP contribution in [0.3, 0.4) is 0 Å². The quantitative estimate of drug-likeness (QED) is 0.778. The van der Waals surface area contributed by atoms with Gasteiger partial charge in [-0.15, -0.1) is 0 Å². The van der Waals surface area contributed by atoms with Gasteiger partial charge in [-0.05, 0) is 31.5 Å². The Bertz CT molecular complexity index is 457. The van der Waals surface area contributed by atoms with E-state index >= 15 is 0 Å². The molecule has 0 saturated carbocycles. The van der Waals surface area contributed by atoms with Crippen molar-refractivity contribution >= 4 is 0 Å². The first-order valence-electron chi connectivity index (χ1n) is 7.09. The molecule has 0 spiro atoms. The second-order valence-corrected chi connectivity index (χ2v) is 4.71. The minimum Gasteiger partial charge on any atom is -0.496 e. The van der Waals surface area contributed by atoms with Gasteiger partial charge in [0.2, 0.25) is 0 Å². The van der Waals surface area contributed by atoms with Gasteiger partial charge in [0.1, 0.15) is 5.75 Å². The van der Waals surface area contributed by atoms with Gasteiger partial charge in [0, 0.05) is 17.5 Å². The summed E-state index contributed by atoms with van der Waals surface area (Å²) < 4.78 is 11.2. The first kappa shape index (κ1) is 16.6. The van der Waals surface area contributed by atoms with Crippen LogP contribution in [0.2, 0.25) is 0 Å². The van der Waals surface area contributed by atoms with Gasteiger partial charge in [-0.25, -0.2) is 0 Å². The van der Waals surface area contributed by atoms with Gasteiger partial charge in [-0.1, -0.05) is 25.2 Å². The van der Waals surface area contributed by atoms with Gasteiger partial charge in [0.15, 0.2) is 0 Å². The normalized spacial score (nSPS) is 11.6. The molecule has 1 aromatic rings. The van der Waals surface area contributed by atoms with Crippen LogP contribution < -0.4 is 4.74 Å². The second kappa shape index (κ2) is 9.41. The highest BCUT2D eigenvalue weighted by Gasteiger charge is 2.07. The van der Waals surface area contributed by atoms with Gasteiger partial charge < -0.3 is 14.6 Å². The van der Waals surface area contributed by atoms with E-state index in [9.17, 15) is 0 Å². The Labute approximate surface area is 121 Å². The van der Waals surface area contributed by atoms with Crippen molar-refractivity contribution in [1.82, 2.24) is 0 Å². The zero-order chi connectivity index (χ0) is 14.8. The van der Waals surface area contributed by atoms with E-state index in [-0.39, 0.29) is 12.7 Å². The number of methoxy groups -OCH3 is 1. The number of aliphatic hydroxyl groups excluding tert-OH is 1. The number of benzene rings is 1. The van der Waals surface area contributed by atoms with E-state index in [2.05, 4.69) is 25.7 Å². The molecule has 0 radical (unpaired) electrons. The smallest absolute Gasteiger partial charge is 0.124 e. The summed E-state index contributed by atoms with van der Waals surface area (Å²) in [6.45, 7) is 4.85. The van der Waals surface area contributed by atoms with Gasteiger partial charge in [-0.3, -0.25) is 0 Å². The van der Waals surface area contributed by atoms with Crippen molar-refractivity contribution < 1.29 is 14.6 Å². The molecule has 1 rings (SSSR count). The highest BCUT2D eigenvalue weighted by Crippen LogP contribution is 2.21. The van der Waals surface area contributed by atoms with E-state index in [0.717, 1.165) is 29.7 Å². The molecule has 0 aliphatic rings. The zero-order valence-corrected chi connectivity index (χ0v) is 12.6. The van der Waals surface area contributed by atoms with Crippen LogP contribution in [0.25, 0.3) is 0 Å². The second-order valence-electron chi connectivity index (χ2n) is 4.71. The van der Waals surface area contributed by atoms with Crippen LogP contribution in [0, 0.1) is 11.8 Å². The lowest BCUT2D eigenvalue weighted by Gasteiger charge is -2.14. The van der Waals surface area contributed by atoms with Crippen LogP contribution in [0.4, 0.5) is 0 Å². The van der Waals surface area contributed by atoms with Crippen LogP contribution in [0.5, 0.6) is 5.75 Å². The fourth-order valence-corrected chi connectivity index (χ4v) is 1.91. The third kappa shape index (κ3) is 5.64. The van der Waals surface area contributed by atoms with Gasteiger partial charge >= 0.3 is 0 Å². The summed E-state index contributed by atoms with van der Waals surface area (Å²) in [5, 5.41) is 8.73. The molecule has 0 amide bonds. The summed E-state index contributed by atoms with van der Waals surface area (Å²) in [5.41, 5.74) is 1.92. The largest absolute Gasteiger partial charge is 0.496 e.